The summed E-state index contributed by atoms with van der Waals surface area (Å²) in [4.78, 5) is 43.6. The SMILES string of the molecule is Cc1ccnc(NC(=O)CN(C)C(=O)c2cc([N+](=O)[O-])ccc2N2CCCCC2)c1. The molecule has 30 heavy (non-hydrogen) atoms. The van der Waals surface area contributed by atoms with Crippen LogP contribution >= 0.6 is 0 Å². The molecular weight excluding hydrogens is 386 g/mol. The van der Waals surface area contributed by atoms with Crippen LogP contribution in [0.25, 0.3) is 0 Å². The van der Waals surface area contributed by atoms with Crippen LogP contribution in [0.2, 0.25) is 0 Å². The molecule has 2 amide bonds. The number of nitro benzene ring substituents is 1. The molecule has 1 fully saturated rings. The first-order valence-electron chi connectivity index (χ1n) is 9.86. The number of likely N-dealkylation sites (N-methyl/N-ethyl adjacent to an activating group) is 1. The second kappa shape index (κ2) is 9.34. The number of piperidine rings is 1. The topological polar surface area (TPSA) is 109 Å². The molecule has 0 aliphatic carbocycles. The van der Waals surface area contributed by atoms with Crippen LogP contribution in [0.1, 0.15) is 35.2 Å². The molecule has 0 saturated carbocycles. The third kappa shape index (κ3) is 5.11. The van der Waals surface area contributed by atoms with E-state index in [1.54, 1.807) is 18.3 Å². The summed E-state index contributed by atoms with van der Waals surface area (Å²) in [7, 11) is 1.50. The van der Waals surface area contributed by atoms with Gasteiger partial charge in [-0.05, 0) is 49.9 Å². The Morgan fingerprint density at radius 3 is 2.60 bits per heavy atom. The van der Waals surface area contributed by atoms with Crippen LogP contribution in [0.5, 0.6) is 0 Å². The van der Waals surface area contributed by atoms with E-state index in [0.717, 1.165) is 37.9 Å². The number of pyridine rings is 1. The molecule has 2 heterocycles. The van der Waals surface area contributed by atoms with E-state index in [0.29, 0.717) is 11.5 Å². The van der Waals surface area contributed by atoms with Gasteiger partial charge in [0.2, 0.25) is 5.91 Å². The number of aromatic nitrogens is 1. The predicted octanol–water partition coefficient (Wildman–Crippen LogP) is 3.00. The van der Waals surface area contributed by atoms with E-state index in [4.69, 9.17) is 0 Å². The molecule has 2 aromatic rings. The monoisotopic (exact) mass is 411 g/mol. The van der Waals surface area contributed by atoms with Crippen molar-refractivity contribution in [2.75, 3.05) is 36.9 Å². The van der Waals surface area contributed by atoms with E-state index < -0.39 is 16.7 Å². The molecule has 0 radical (unpaired) electrons. The van der Waals surface area contributed by atoms with Crippen molar-refractivity contribution in [2.45, 2.75) is 26.2 Å². The summed E-state index contributed by atoms with van der Waals surface area (Å²) in [5.41, 5.74) is 1.70. The van der Waals surface area contributed by atoms with Crippen LogP contribution in [0.15, 0.2) is 36.5 Å². The second-order valence-corrected chi connectivity index (χ2v) is 7.43. The van der Waals surface area contributed by atoms with E-state index in [-0.39, 0.29) is 17.8 Å². The van der Waals surface area contributed by atoms with Crippen molar-refractivity contribution in [3.8, 4) is 0 Å². The third-order valence-electron chi connectivity index (χ3n) is 5.03. The Kier molecular flexibility index (Phi) is 6.61. The number of non-ortho nitro benzene ring substituents is 1. The first-order chi connectivity index (χ1) is 14.3. The van der Waals surface area contributed by atoms with Crippen LogP contribution in [0.4, 0.5) is 17.2 Å². The molecule has 1 aromatic heterocycles. The summed E-state index contributed by atoms with van der Waals surface area (Å²) in [5.74, 6) is -0.425. The molecule has 158 valence electrons. The molecule has 1 aliphatic rings. The lowest BCUT2D eigenvalue weighted by Gasteiger charge is -2.31. The largest absolute Gasteiger partial charge is 0.371 e. The fourth-order valence-corrected chi connectivity index (χ4v) is 3.50. The van der Waals surface area contributed by atoms with Crippen LogP contribution in [-0.4, -0.2) is 53.3 Å². The Bertz CT molecular complexity index is 956. The third-order valence-corrected chi connectivity index (χ3v) is 5.03. The molecule has 1 aliphatic heterocycles. The van der Waals surface area contributed by atoms with Crippen molar-refractivity contribution in [3.63, 3.8) is 0 Å². The highest BCUT2D eigenvalue weighted by Crippen LogP contribution is 2.29. The van der Waals surface area contributed by atoms with Gasteiger partial charge in [0.25, 0.3) is 11.6 Å². The van der Waals surface area contributed by atoms with Crippen molar-refractivity contribution >= 4 is 29.0 Å². The number of benzene rings is 1. The molecule has 1 saturated heterocycles. The van der Waals surface area contributed by atoms with E-state index in [1.807, 2.05) is 13.0 Å². The van der Waals surface area contributed by atoms with E-state index >= 15 is 0 Å². The van der Waals surface area contributed by atoms with Gasteiger partial charge in [-0.15, -0.1) is 0 Å². The zero-order valence-corrected chi connectivity index (χ0v) is 17.1. The number of anilines is 2. The number of nitro groups is 1. The summed E-state index contributed by atoms with van der Waals surface area (Å²) < 4.78 is 0. The lowest BCUT2D eigenvalue weighted by molar-refractivity contribution is -0.384. The average molecular weight is 411 g/mol. The lowest BCUT2D eigenvalue weighted by Crippen LogP contribution is -2.37. The molecule has 0 spiro atoms. The molecule has 9 nitrogen and oxygen atoms in total. The van der Waals surface area contributed by atoms with Gasteiger partial charge in [0.1, 0.15) is 5.82 Å². The zero-order valence-electron chi connectivity index (χ0n) is 17.1. The van der Waals surface area contributed by atoms with Crippen molar-refractivity contribution in [1.82, 2.24) is 9.88 Å². The maximum absolute atomic E-state index is 13.1. The Morgan fingerprint density at radius 1 is 1.20 bits per heavy atom. The number of hydrogen-bond acceptors (Lipinski definition) is 6. The normalized spacial score (nSPS) is 13.6. The summed E-state index contributed by atoms with van der Waals surface area (Å²) in [5, 5.41) is 13.9. The molecule has 9 heteroatoms. The molecule has 3 rings (SSSR count). The summed E-state index contributed by atoms with van der Waals surface area (Å²) in [6, 6.07) is 7.88. The van der Waals surface area contributed by atoms with Crippen molar-refractivity contribution < 1.29 is 14.5 Å². The highest BCUT2D eigenvalue weighted by Gasteiger charge is 2.25. The Labute approximate surface area is 174 Å². The number of amides is 2. The van der Waals surface area contributed by atoms with E-state index in [9.17, 15) is 19.7 Å². The molecule has 1 N–H and O–H groups in total. The maximum Gasteiger partial charge on any atom is 0.270 e. The number of carbonyl (C=O) groups excluding carboxylic acids is 2. The minimum absolute atomic E-state index is 0.152. The Hall–Kier alpha value is -3.49. The van der Waals surface area contributed by atoms with Gasteiger partial charge in [-0.3, -0.25) is 19.7 Å². The Balaban J connectivity index is 1.78. The van der Waals surface area contributed by atoms with Gasteiger partial charge in [-0.1, -0.05) is 0 Å². The summed E-state index contributed by atoms with van der Waals surface area (Å²) in [6.45, 7) is 3.27. The lowest BCUT2D eigenvalue weighted by atomic mass is 10.1. The molecular formula is C21H25N5O4. The van der Waals surface area contributed by atoms with Gasteiger partial charge in [0.15, 0.2) is 0 Å². The van der Waals surface area contributed by atoms with Crippen LogP contribution in [0, 0.1) is 17.0 Å². The van der Waals surface area contributed by atoms with Crippen LogP contribution in [0.3, 0.4) is 0 Å². The number of nitrogens with one attached hydrogen (secondary N) is 1. The molecule has 1 aromatic carbocycles. The quantitative estimate of drug-likeness (QED) is 0.578. The summed E-state index contributed by atoms with van der Waals surface area (Å²) >= 11 is 0. The number of nitrogens with zero attached hydrogens (tertiary/aromatic N) is 4. The standard InChI is InChI=1S/C21H25N5O4/c1-15-8-9-22-19(12-15)23-20(27)14-24(2)21(28)17-13-16(26(29)30)6-7-18(17)25-10-4-3-5-11-25/h6-9,12-13H,3-5,10-11,14H2,1-2H3,(H,22,23,27). The van der Waals surface area contributed by atoms with E-state index in [2.05, 4.69) is 15.2 Å². The number of aryl methyl sites for hydroxylation is 1. The Morgan fingerprint density at radius 2 is 1.93 bits per heavy atom. The first-order valence-corrected chi connectivity index (χ1v) is 9.86. The minimum Gasteiger partial charge on any atom is -0.371 e. The number of carbonyl (C=O) groups is 2. The molecule has 0 unspecified atom stereocenters. The van der Waals surface area contributed by atoms with Crippen LogP contribution in [-0.2, 0) is 4.79 Å². The fraction of sp³-hybridized carbons (Fsp3) is 0.381. The average Bonchev–Trinajstić information content (AvgIpc) is 2.73. The minimum atomic E-state index is -0.521. The zero-order chi connectivity index (χ0) is 21.7. The highest BCUT2D eigenvalue weighted by molar-refractivity contribution is 6.03. The molecule has 0 bridgehead atoms. The smallest absolute Gasteiger partial charge is 0.270 e. The number of rotatable bonds is 6. The molecule has 0 atom stereocenters. The predicted molar refractivity (Wildman–Crippen MR) is 114 cm³/mol. The van der Waals surface area contributed by atoms with Gasteiger partial charge in [0, 0.05) is 38.5 Å². The van der Waals surface area contributed by atoms with Crippen molar-refractivity contribution in [3.05, 3.63) is 57.8 Å². The van der Waals surface area contributed by atoms with E-state index in [1.165, 1.54) is 24.1 Å². The van der Waals surface area contributed by atoms with Gasteiger partial charge in [-0.2, -0.15) is 0 Å². The highest BCUT2D eigenvalue weighted by atomic mass is 16.6. The van der Waals surface area contributed by atoms with Gasteiger partial charge >= 0.3 is 0 Å². The van der Waals surface area contributed by atoms with Crippen molar-refractivity contribution in [2.24, 2.45) is 0 Å². The van der Waals surface area contributed by atoms with Gasteiger partial charge < -0.3 is 15.1 Å². The van der Waals surface area contributed by atoms with Crippen molar-refractivity contribution in [1.29, 1.82) is 0 Å². The van der Waals surface area contributed by atoms with Gasteiger partial charge in [0.05, 0.1) is 22.7 Å². The number of hydrogen-bond donors (Lipinski definition) is 1. The van der Waals surface area contributed by atoms with Gasteiger partial charge in [-0.25, -0.2) is 4.98 Å². The first kappa shape index (κ1) is 21.2. The maximum atomic E-state index is 13.1. The second-order valence-electron chi connectivity index (χ2n) is 7.43. The summed E-state index contributed by atoms with van der Waals surface area (Å²) in [6.07, 6.45) is 4.73. The van der Waals surface area contributed by atoms with Crippen LogP contribution < -0.4 is 10.2 Å². The fourth-order valence-electron chi connectivity index (χ4n) is 3.50.